The lowest BCUT2D eigenvalue weighted by Crippen LogP contribution is -2.17. The topological polar surface area (TPSA) is 89.8 Å². The van der Waals surface area contributed by atoms with Crippen molar-refractivity contribution < 1.29 is 24.2 Å². The predicted molar refractivity (Wildman–Crippen MR) is 106 cm³/mol. The van der Waals surface area contributed by atoms with E-state index in [0.29, 0.717) is 18.0 Å². The minimum atomic E-state index is -1.000. The Hall–Kier alpha value is -3.48. The van der Waals surface area contributed by atoms with Crippen molar-refractivity contribution in [3.63, 3.8) is 0 Å². The number of aromatic nitrogens is 1. The van der Waals surface area contributed by atoms with Gasteiger partial charge in [-0.25, -0.2) is 9.59 Å². The third kappa shape index (κ3) is 4.25. The number of carboxylic acids is 1. The summed E-state index contributed by atoms with van der Waals surface area (Å²) in [5.41, 5.74) is 2.58. The first-order chi connectivity index (χ1) is 13.4. The van der Waals surface area contributed by atoms with Crippen molar-refractivity contribution in [3.8, 4) is 5.75 Å². The SMILES string of the molecule is COc1cc(C(=O)O)ccc1Cn1ccc2ccc(NC(=O)OC(C)C)cc21. The van der Waals surface area contributed by atoms with Crippen LogP contribution in [-0.4, -0.2) is 34.9 Å². The first kappa shape index (κ1) is 19.3. The Morgan fingerprint density at radius 1 is 1.14 bits per heavy atom. The van der Waals surface area contributed by atoms with Crippen LogP contribution in [0.4, 0.5) is 10.5 Å². The fourth-order valence-corrected chi connectivity index (χ4v) is 2.95. The number of hydrogen-bond donors (Lipinski definition) is 2. The fourth-order valence-electron chi connectivity index (χ4n) is 2.95. The van der Waals surface area contributed by atoms with E-state index in [1.54, 1.807) is 26.0 Å². The van der Waals surface area contributed by atoms with Crippen molar-refractivity contribution in [1.82, 2.24) is 4.57 Å². The van der Waals surface area contributed by atoms with Crippen LogP contribution in [0.3, 0.4) is 0 Å². The van der Waals surface area contributed by atoms with Gasteiger partial charge in [-0.2, -0.15) is 0 Å². The Morgan fingerprint density at radius 2 is 1.93 bits per heavy atom. The number of aromatic carboxylic acids is 1. The van der Waals surface area contributed by atoms with Gasteiger partial charge in [0.2, 0.25) is 0 Å². The molecule has 3 rings (SSSR count). The Labute approximate surface area is 162 Å². The molecular formula is C21H22N2O5. The molecule has 28 heavy (non-hydrogen) atoms. The maximum absolute atomic E-state index is 11.8. The Bertz CT molecular complexity index is 1020. The molecule has 0 spiro atoms. The summed E-state index contributed by atoms with van der Waals surface area (Å²) in [5.74, 6) is -0.489. The van der Waals surface area contributed by atoms with Crippen LogP contribution >= 0.6 is 0 Å². The van der Waals surface area contributed by atoms with Gasteiger partial charge in [-0.1, -0.05) is 12.1 Å². The zero-order valence-corrected chi connectivity index (χ0v) is 15.9. The number of amides is 1. The molecule has 1 amide bonds. The molecule has 3 aromatic rings. The van der Waals surface area contributed by atoms with Crippen LogP contribution in [0, 0.1) is 0 Å². The van der Waals surface area contributed by atoms with Gasteiger partial charge in [-0.05, 0) is 49.6 Å². The maximum Gasteiger partial charge on any atom is 0.411 e. The number of carbonyl (C=O) groups is 2. The van der Waals surface area contributed by atoms with Gasteiger partial charge in [0.1, 0.15) is 5.75 Å². The molecule has 2 aromatic carbocycles. The molecule has 0 saturated heterocycles. The molecular weight excluding hydrogens is 360 g/mol. The van der Waals surface area contributed by atoms with E-state index in [2.05, 4.69) is 5.32 Å². The van der Waals surface area contributed by atoms with Gasteiger partial charge in [0.25, 0.3) is 0 Å². The van der Waals surface area contributed by atoms with Crippen LogP contribution < -0.4 is 10.1 Å². The number of anilines is 1. The first-order valence-electron chi connectivity index (χ1n) is 8.84. The molecule has 7 heteroatoms. The molecule has 0 saturated carbocycles. The monoisotopic (exact) mass is 382 g/mol. The molecule has 2 N–H and O–H groups in total. The second-order valence-electron chi connectivity index (χ2n) is 6.63. The zero-order chi connectivity index (χ0) is 20.3. The van der Waals surface area contributed by atoms with Gasteiger partial charge in [0.15, 0.2) is 0 Å². The van der Waals surface area contributed by atoms with Crippen molar-refractivity contribution >= 4 is 28.7 Å². The first-order valence-corrected chi connectivity index (χ1v) is 8.84. The molecule has 1 heterocycles. The molecule has 0 aliphatic rings. The normalized spacial score (nSPS) is 10.9. The van der Waals surface area contributed by atoms with Crippen molar-refractivity contribution in [2.24, 2.45) is 0 Å². The van der Waals surface area contributed by atoms with Crippen LogP contribution in [0.15, 0.2) is 48.7 Å². The third-order valence-corrected chi connectivity index (χ3v) is 4.24. The lowest BCUT2D eigenvalue weighted by Gasteiger charge is -2.12. The number of nitrogens with one attached hydrogen (secondary N) is 1. The predicted octanol–water partition coefficient (Wildman–Crippen LogP) is 4.35. The second-order valence-corrected chi connectivity index (χ2v) is 6.63. The molecule has 0 fully saturated rings. The number of benzene rings is 2. The average molecular weight is 382 g/mol. The molecule has 0 radical (unpaired) electrons. The Kier molecular flexibility index (Phi) is 5.54. The van der Waals surface area contributed by atoms with E-state index in [9.17, 15) is 9.59 Å². The van der Waals surface area contributed by atoms with Crippen molar-refractivity contribution in [1.29, 1.82) is 0 Å². The summed E-state index contributed by atoms with van der Waals surface area (Å²) >= 11 is 0. The van der Waals surface area contributed by atoms with Gasteiger partial charge >= 0.3 is 12.1 Å². The number of methoxy groups -OCH3 is 1. The van der Waals surface area contributed by atoms with E-state index in [1.165, 1.54) is 13.2 Å². The second kappa shape index (κ2) is 8.04. The van der Waals surface area contributed by atoms with Crippen LogP contribution in [-0.2, 0) is 11.3 Å². The summed E-state index contributed by atoms with van der Waals surface area (Å²) in [6.45, 7) is 4.07. The summed E-state index contributed by atoms with van der Waals surface area (Å²) in [5, 5.41) is 12.9. The molecule has 0 atom stereocenters. The van der Waals surface area contributed by atoms with Crippen molar-refractivity contribution in [3.05, 3.63) is 59.8 Å². The molecule has 0 bridgehead atoms. The van der Waals surface area contributed by atoms with Crippen molar-refractivity contribution in [2.45, 2.75) is 26.5 Å². The fraction of sp³-hybridized carbons (Fsp3) is 0.238. The lowest BCUT2D eigenvalue weighted by molar-refractivity contribution is 0.0696. The summed E-state index contributed by atoms with van der Waals surface area (Å²) in [7, 11) is 1.51. The smallest absolute Gasteiger partial charge is 0.411 e. The minimum absolute atomic E-state index is 0.174. The quantitative estimate of drug-likeness (QED) is 0.661. The van der Waals surface area contributed by atoms with Gasteiger partial charge in [-0.3, -0.25) is 5.32 Å². The summed E-state index contributed by atoms with van der Waals surface area (Å²) in [4.78, 5) is 23.0. The number of fused-ring (bicyclic) bond motifs is 1. The highest BCUT2D eigenvalue weighted by Gasteiger charge is 2.12. The molecule has 0 unspecified atom stereocenters. The third-order valence-electron chi connectivity index (χ3n) is 4.24. The van der Waals surface area contributed by atoms with E-state index in [-0.39, 0.29) is 11.7 Å². The average Bonchev–Trinajstić information content (AvgIpc) is 3.03. The number of carbonyl (C=O) groups excluding carboxylic acids is 1. The number of hydrogen-bond acceptors (Lipinski definition) is 4. The van der Waals surface area contributed by atoms with Crippen molar-refractivity contribution in [2.75, 3.05) is 12.4 Å². The standard InChI is InChI=1S/C21H22N2O5/c1-13(2)28-21(26)22-17-7-6-14-8-9-23(18(14)11-17)12-16-5-4-15(20(24)25)10-19(16)27-3/h4-11,13H,12H2,1-3H3,(H,22,26)(H,24,25). The molecule has 7 nitrogen and oxygen atoms in total. The van der Waals surface area contributed by atoms with Gasteiger partial charge < -0.3 is 19.1 Å². The van der Waals surface area contributed by atoms with E-state index in [4.69, 9.17) is 14.6 Å². The van der Waals surface area contributed by atoms with E-state index < -0.39 is 12.1 Å². The molecule has 1 aromatic heterocycles. The van der Waals surface area contributed by atoms with Crippen LogP contribution in [0.2, 0.25) is 0 Å². The van der Waals surface area contributed by atoms with Gasteiger partial charge in [0.05, 0.1) is 30.8 Å². The largest absolute Gasteiger partial charge is 0.496 e. The lowest BCUT2D eigenvalue weighted by atomic mass is 10.1. The molecule has 146 valence electrons. The highest BCUT2D eigenvalue weighted by atomic mass is 16.6. The van der Waals surface area contributed by atoms with E-state index in [0.717, 1.165) is 16.5 Å². The van der Waals surface area contributed by atoms with Crippen LogP contribution in [0.5, 0.6) is 5.75 Å². The summed E-state index contributed by atoms with van der Waals surface area (Å²) in [6.07, 6.45) is 1.23. The summed E-state index contributed by atoms with van der Waals surface area (Å²) in [6, 6.07) is 12.4. The zero-order valence-electron chi connectivity index (χ0n) is 15.9. The van der Waals surface area contributed by atoms with Gasteiger partial charge in [0, 0.05) is 17.4 Å². The number of carboxylic acid groups (broad SMARTS) is 1. The number of nitrogens with zero attached hydrogens (tertiary/aromatic N) is 1. The molecule has 0 aliphatic heterocycles. The number of ether oxygens (including phenoxy) is 2. The minimum Gasteiger partial charge on any atom is -0.496 e. The van der Waals surface area contributed by atoms with E-state index in [1.807, 2.05) is 35.0 Å². The number of rotatable bonds is 6. The Morgan fingerprint density at radius 3 is 2.61 bits per heavy atom. The Balaban J connectivity index is 1.88. The van der Waals surface area contributed by atoms with Crippen LogP contribution in [0.1, 0.15) is 29.8 Å². The summed E-state index contributed by atoms with van der Waals surface area (Å²) < 4.78 is 12.5. The maximum atomic E-state index is 11.8. The molecule has 0 aliphatic carbocycles. The highest BCUT2D eigenvalue weighted by molar-refractivity contribution is 5.90. The highest BCUT2D eigenvalue weighted by Crippen LogP contribution is 2.26. The van der Waals surface area contributed by atoms with E-state index >= 15 is 0 Å². The van der Waals surface area contributed by atoms with Crippen LogP contribution in [0.25, 0.3) is 10.9 Å². The van der Waals surface area contributed by atoms with Gasteiger partial charge in [-0.15, -0.1) is 0 Å².